The molecule has 2 aliphatic carbocycles. The van der Waals surface area contributed by atoms with Gasteiger partial charge in [-0.05, 0) is 31.6 Å². The molecule has 0 aliphatic heterocycles. The molecular formula is C12H24N4. The van der Waals surface area contributed by atoms with Crippen molar-refractivity contribution in [2.75, 3.05) is 13.6 Å². The van der Waals surface area contributed by atoms with E-state index in [1.807, 2.05) is 0 Å². The second-order valence-corrected chi connectivity index (χ2v) is 5.21. The summed E-state index contributed by atoms with van der Waals surface area (Å²) in [5, 5.41) is 0. The molecule has 0 aromatic rings. The summed E-state index contributed by atoms with van der Waals surface area (Å²) in [4.78, 5) is 6.77. The molecule has 2 aliphatic rings. The Kier molecular flexibility index (Phi) is 4.04. The van der Waals surface area contributed by atoms with Gasteiger partial charge in [0.25, 0.3) is 0 Å². The Balaban J connectivity index is 1.81. The number of nitrogens with zero attached hydrogens (tertiary/aromatic N) is 2. The molecular weight excluding hydrogens is 200 g/mol. The van der Waals surface area contributed by atoms with Crippen molar-refractivity contribution in [2.24, 2.45) is 16.8 Å². The maximum atomic E-state index is 5.53. The SMILES string of the molecule is CN(CC1CCCCC1)C(=NC1CC1)NN. The van der Waals surface area contributed by atoms with Crippen molar-refractivity contribution >= 4 is 5.96 Å². The van der Waals surface area contributed by atoms with E-state index < -0.39 is 0 Å². The number of hydrazine groups is 1. The smallest absolute Gasteiger partial charge is 0.208 e. The first kappa shape index (κ1) is 11.7. The van der Waals surface area contributed by atoms with Crippen LogP contribution < -0.4 is 11.3 Å². The van der Waals surface area contributed by atoms with Gasteiger partial charge in [-0.15, -0.1) is 0 Å². The average Bonchev–Trinajstić information content (AvgIpc) is 3.11. The molecule has 0 atom stereocenters. The lowest BCUT2D eigenvalue weighted by molar-refractivity contribution is 0.292. The minimum absolute atomic E-state index is 0.528. The maximum absolute atomic E-state index is 5.53. The molecule has 0 bridgehead atoms. The number of aliphatic imine (C=N–C) groups is 1. The maximum Gasteiger partial charge on any atom is 0.208 e. The molecule has 2 fully saturated rings. The van der Waals surface area contributed by atoms with Gasteiger partial charge < -0.3 is 4.90 Å². The van der Waals surface area contributed by atoms with Gasteiger partial charge in [0, 0.05) is 13.6 Å². The second kappa shape index (κ2) is 5.53. The summed E-state index contributed by atoms with van der Waals surface area (Å²) < 4.78 is 0. The highest BCUT2D eigenvalue weighted by atomic mass is 15.4. The van der Waals surface area contributed by atoms with E-state index in [2.05, 4.69) is 22.4 Å². The Morgan fingerprint density at radius 1 is 1.25 bits per heavy atom. The van der Waals surface area contributed by atoms with E-state index in [-0.39, 0.29) is 0 Å². The van der Waals surface area contributed by atoms with E-state index in [4.69, 9.17) is 5.84 Å². The van der Waals surface area contributed by atoms with Crippen LogP contribution in [-0.4, -0.2) is 30.5 Å². The number of nitrogens with one attached hydrogen (secondary N) is 1. The lowest BCUT2D eigenvalue weighted by Gasteiger charge is -2.28. The monoisotopic (exact) mass is 224 g/mol. The predicted molar refractivity (Wildman–Crippen MR) is 67.0 cm³/mol. The molecule has 0 aromatic heterocycles. The van der Waals surface area contributed by atoms with Crippen molar-refractivity contribution in [3.63, 3.8) is 0 Å². The van der Waals surface area contributed by atoms with Crippen LogP contribution in [0.4, 0.5) is 0 Å². The zero-order valence-corrected chi connectivity index (χ0v) is 10.3. The largest absolute Gasteiger partial charge is 0.345 e. The second-order valence-electron chi connectivity index (χ2n) is 5.21. The fourth-order valence-electron chi connectivity index (χ4n) is 2.47. The minimum Gasteiger partial charge on any atom is -0.345 e. The molecule has 0 amide bonds. The number of guanidine groups is 1. The molecule has 16 heavy (non-hydrogen) atoms. The summed E-state index contributed by atoms with van der Waals surface area (Å²) in [6.07, 6.45) is 9.38. The van der Waals surface area contributed by atoms with E-state index in [0.717, 1.165) is 18.4 Å². The third kappa shape index (κ3) is 3.37. The third-order valence-corrected chi connectivity index (χ3v) is 3.60. The molecule has 0 aromatic carbocycles. The Bertz CT molecular complexity index is 241. The van der Waals surface area contributed by atoms with Crippen molar-refractivity contribution in [1.82, 2.24) is 10.3 Å². The molecule has 0 heterocycles. The van der Waals surface area contributed by atoms with Crippen LogP contribution in [-0.2, 0) is 0 Å². The summed E-state index contributed by atoms with van der Waals surface area (Å²) in [6.45, 7) is 1.09. The van der Waals surface area contributed by atoms with Crippen molar-refractivity contribution < 1.29 is 0 Å². The van der Waals surface area contributed by atoms with Crippen molar-refractivity contribution in [1.29, 1.82) is 0 Å². The van der Waals surface area contributed by atoms with Gasteiger partial charge in [0.05, 0.1) is 6.04 Å². The minimum atomic E-state index is 0.528. The van der Waals surface area contributed by atoms with Crippen molar-refractivity contribution in [3.05, 3.63) is 0 Å². The molecule has 0 unspecified atom stereocenters. The summed E-state index contributed by atoms with van der Waals surface area (Å²) in [5.41, 5.74) is 2.74. The Morgan fingerprint density at radius 2 is 1.94 bits per heavy atom. The van der Waals surface area contributed by atoms with Crippen LogP contribution in [0.5, 0.6) is 0 Å². The Hall–Kier alpha value is -0.770. The number of nitrogens with two attached hydrogens (primary N) is 1. The van der Waals surface area contributed by atoms with Crippen LogP contribution in [0, 0.1) is 5.92 Å². The standard InChI is InChI=1S/C12H24N4/c1-16(9-10-5-3-2-4-6-10)12(15-13)14-11-7-8-11/h10-11H,2-9,13H2,1H3,(H,14,15). The molecule has 0 radical (unpaired) electrons. The molecule has 0 spiro atoms. The molecule has 3 N–H and O–H groups in total. The molecule has 4 heteroatoms. The van der Waals surface area contributed by atoms with Gasteiger partial charge in [0.1, 0.15) is 0 Å². The zero-order valence-electron chi connectivity index (χ0n) is 10.3. The number of hydrogen-bond donors (Lipinski definition) is 2. The first-order valence-corrected chi connectivity index (χ1v) is 6.55. The molecule has 92 valence electrons. The van der Waals surface area contributed by atoms with Crippen LogP contribution in [0.2, 0.25) is 0 Å². The van der Waals surface area contributed by atoms with Crippen LogP contribution in [0.15, 0.2) is 4.99 Å². The van der Waals surface area contributed by atoms with Crippen LogP contribution in [0.3, 0.4) is 0 Å². The molecule has 2 rings (SSSR count). The Morgan fingerprint density at radius 3 is 2.50 bits per heavy atom. The summed E-state index contributed by atoms with van der Waals surface area (Å²) >= 11 is 0. The first-order valence-electron chi connectivity index (χ1n) is 6.55. The highest BCUT2D eigenvalue weighted by molar-refractivity contribution is 5.79. The van der Waals surface area contributed by atoms with Gasteiger partial charge >= 0.3 is 0 Å². The quantitative estimate of drug-likeness (QED) is 0.330. The summed E-state index contributed by atoms with van der Waals surface area (Å²) in [6, 6.07) is 0.528. The van der Waals surface area contributed by atoms with Crippen LogP contribution in [0.25, 0.3) is 0 Å². The Labute approximate surface area is 98.3 Å². The van der Waals surface area contributed by atoms with E-state index in [9.17, 15) is 0 Å². The van der Waals surface area contributed by atoms with Crippen LogP contribution in [0.1, 0.15) is 44.9 Å². The number of rotatable bonds is 3. The molecule has 2 saturated carbocycles. The van der Waals surface area contributed by atoms with Crippen molar-refractivity contribution in [2.45, 2.75) is 51.0 Å². The van der Waals surface area contributed by atoms with Gasteiger partial charge in [-0.25, -0.2) is 10.8 Å². The van der Waals surface area contributed by atoms with Crippen molar-refractivity contribution in [3.8, 4) is 0 Å². The first-order chi connectivity index (χ1) is 7.79. The zero-order chi connectivity index (χ0) is 11.4. The van der Waals surface area contributed by atoms with Gasteiger partial charge in [-0.3, -0.25) is 5.43 Å². The number of hydrogen-bond acceptors (Lipinski definition) is 2. The predicted octanol–water partition coefficient (Wildman–Crippen LogP) is 1.48. The third-order valence-electron chi connectivity index (χ3n) is 3.60. The normalized spacial score (nSPS) is 23.2. The van der Waals surface area contributed by atoms with Gasteiger partial charge in [-0.1, -0.05) is 19.3 Å². The molecule has 0 saturated heterocycles. The fraction of sp³-hybridized carbons (Fsp3) is 0.917. The summed E-state index contributed by atoms with van der Waals surface area (Å²) in [7, 11) is 2.09. The highest BCUT2D eigenvalue weighted by Gasteiger charge is 2.23. The summed E-state index contributed by atoms with van der Waals surface area (Å²) in [5.74, 6) is 7.23. The lowest BCUT2D eigenvalue weighted by Crippen LogP contribution is -2.45. The topological polar surface area (TPSA) is 53.6 Å². The lowest BCUT2D eigenvalue weighted by atomic mass is 9.89. The van der Waals surface area contributed by atoms with E-state index in [1.54, 1.807) is 0 Å². The average molecular weight is 224 g/mol. The highest BCUT2D eigenvalue weighted by Crippen LogP contribution is 2.25. The van der Waals surface area contributed by atoms with E-state index in [1.165, 1.54) is 44.9 Å². The van der Waals surface area contributed by atoms with Gasteiger partial charge in [0.15, 0.2) is 0 Å². The van der Waals surface area contributed by atoms with E-state index >= 15 is 0 Å². The van der Waals surface area contributed by atoms with Crippen LogP contribution >= 0.6 is 0 Å². The fourth-order valence-corrected chi connectivity index (χ4v) is 2.47. The molecule has 4 nitrogen and oxygen atoms in total. The van der Waals surface area contributed by atoms with Gasteiger partial charge in [0.2, 0.25) is 5.96 Å². The van der Waals surface area contributed by atoms with Gasteiger partial charge in [-0.2, -0.15) is 0 Å². The van der Waals surface area contributed by atoms with E-state index in [0.29, 0.717) is 6.04 Å².